The smallest absolute Gasteiger partial charge is 0.308 e. The fourth-order valence-corrected chi connectivity index (χ4v) is 3.92. The average Bonchev–Trinajstić information content (AvgIpc) is 2.80. The van der Waals surface area contributed by atoms with Crippen LogP contribution >= 0.6 is 0 Å². The number of nitrogens with one attached hydrogen (secondary N) is 1. The van der Waals surface area contributed by atoms with E-state index in [1.165, 1.54) is 0 Å². The fourth-order valence-electron chi connectivity index (χ4n) is 3.92. The third-order valence-electron chi connectivity index (χ3n) is 5.32. The molecule has 0 bridgehead atoms. The Balaban J connectivity index is 5.77. The van der Waals surface area contributed by atoms with Crippen LogP contribution in [-0.2, 0) is 57.1 Å². The molecule has 0 amide bonds. The van der Waals surface area contributed by atoms with Gasteiger partial charge in [-0.3, -0.25) is 24.5 Å². The summed E-state index contributed by atoms with van der Waals surface area (Å²) >= 11 is 0. The van der Waals surface area contributed by atoms with Crippen molar-refractivity contribution in [2.45, 2.75) is 156 Å². The lowest BCUT2D eigenvalue weighted by atomic mass is 10.1. The van der Waals surface area contributed by atoms with E-state index in [2.05, 4.69) is 5.32 Å². The summed E-state index contributed by atoms with van der Waals surface area (Å²) in [6, 6.07) is 0. The number of carbonyl (C=O) groups excluding carboxylic acids is 4. The van der Waals surface area contributed by atoms with Crippen LogP contribution in [-0.4, -0.2) is 97.4 Å². The molecule has 0 aliphatic heterocycles. The third-order valence-corrected chi connectivity index (χ3v) is 5.32. The Morgan fingerprint density at radius 3 is 0.872 bits per heavy atom. The highest BCUT2D eigenvalue weighted by Gasteiger charge is 2.37. The van der Waals surface area contributed by atoms with Gasteiger partial charge in [-0.15, -0.1) is 0 Å². The highest BCUT2D eigenvalue weighted by Crippen LogP contribution is 2.20. The summed E-state index contributed by atoms with van der Waals surface area (Å²) < 4.78 is 45.4. The van der Waals surface area contributed by atoms with Gasteiger partial charge in [0.05, 0.1) is 65.3 Å². The first-order valence-electron chi connectivity index (χ1n) is 16.2. The van der Waals surface area contributed by atoms with Crippen molar-refractivity contribution in [3.05, 3.63) is 0 Å². The lowest BCUT2D eigenvalue weighted by Crippen LogP contribution is -2.62. The van der Waals surface area contributed by atoms with Gasteiger partial charge in [-0.1, -0.05) is 0 Å². The lowest BCUT2D eigenvalue weighted by molar-refractivity contribution is -0.193. The topological polar surface area (TPSA) is 154 Å². The summed E-state index contributed by atoms with van der Waals surface area (Å²) in [5, 5.41) is 3.27. The monoisotopic (exact) mass is 677 g/mol. The van der Waals surface area contributed by atoms with Crippen molar-refractivity contribution in [3.8, 4) is 0 Å². The number of carbonyl (C=O) groups is 4. The van der Waals surface area contributed by atoms with Gasteiger partial charge >= 0.3 is 23.9 Å². The zero-order valence-electron chi connectivity index (χ0n) is 31.5. The van der Waals surface area contributed by atoms with Gasteiger partial charge < -0.3 is 37.9 Å². The van der Waals surface area contributed by atoms with Crippen LogP contribution in [0.15, 0.2) is 0 Å². The molecule has 0 aromatic carbocycles. The summed E-state index contributed by atoms with van der Waals surface area (Å²) in [5.41, 5.74) is -5.10. The van der Waals surface area contributed by atoms with E-state index < -0.39 is 57.7 Å². The highest BCUT2D eigenvalue weighted by molar-refractivity contribution is 5.71. The molecule has 13 heteroatoms. The highest BCUT2D eigenvalue weighted by atomic mass is 16.6. The molecule has 0 spiro atoms. The number of hydrogen-bond donors (Lipinski definition) is 1. The zero-order chi connectivity index (χ0) is 36.7. The average molecular weight is 678 g/mol. The molecule has 1 N–H and O–H groups in total. The van der Waals surface area contributed by atoms with Crippen LogP contribution in [0.4, 0.5) is 0 Å². The summed E-state index contributed by atoms with van der Waals surface area (Å²) in [6.07, 6.45) is -0.0323. The van der Waals surface area contributed by atoms with Gasteiger partial charge in [-0.05, 0) is 96.9 Å². The second-order valence-corrected chi connectivity index (χ2v) is 15.7. The third kappa shape index (κ3) is 26.3. The second kappa shape index (κ2) is 19.0. The number of hydrogen-bond acceptors (Lipinski definition) is 13. The minimum absolute atomic E-state index is 0.0166. The molecule has 2 unspecified atom stereocenters. The van der Waals surface area contributed by atoms with Crippen LogP contribution in [0.2, 0.25) is 0 Å². The molecule has 0 radical (unpaired) electrons. The first-order chi connectivity index (χ1) is 21.1. The quantitative estimate of drug-likeness (QED) is 0.0796. The van der Waals surface area contributed by atoms with Crippen LogP contribution in [0.1, 0.15) is 123 Å². The standard InChI is InChI=1S/C34H63NO12/c1-29(2,3)44-25(36)15-19-40-23-33(13,42-21-17-27(38)46-31(7,8)9)35-34(14,43-22-18-28(39)47-32(10,11)12)24-41-20-16-26(37)45-30(4,5)6/h35H,15-24H2,1-14H3. The molecule has 0 saturated carbocycles. The molecule has 0 rings (SSSR count). The SMILES string of the molecule is CC(C)(C)OC(=O)CCOCC(C)(NC(C)(COCCC(=O)OC(C)(C)C)OCCC(=O)OC(C)(C)C)OCCC(=O)OC(C)(C)C. The summed E-state index contributed by atoms with van der Waals surface area (Å²) in [5.74, 6) is -1.70. The van der Waals surface area contributed by atoms with Gasteiger partial charge in [0.1, 0.15) is 33.9 Å². The number of ether oxygens (including phenoxy) is 8. The van der Waals surface area contributed by atoms with Gasteiger partial charge in [0.25, 0.3) is 0 Å². The number of rotatable bonds is 20. The van der Waals surface area contributed by atoms with E-state index in [4.69, 9.17) is 37.9 Å². The zero-order valence-corrected chi connectivity index (χ0v) is 31.5. The van der Waals surface area contributed by atoms with E-state index in [1.807, 2.05) is 0 Å². The fraction of sp³-hybridized carbons (Fsp3) is 0.882. The Hall–Kier alpha value is -2.32. The van der Waals surface area contributed by atoms with Crippen molar-refractivity contribution in [1.82, 2.24) is 5.32 Å². The molecule has 0 aliphatic rings. The first kappa shape index (κ1) is 44.7. The van der Waals surface area contributed by atoms with Crippen molar-refractivity contribution in [2.24, 2.45) is 0 Å². The van der Waals surface area contributed by atoms with Crippen LogP contribution < -0.4 is 5.32 Å². The van der Waals surface area contributed by atoms with Crippen LogP contribution in [0.25, 0.3) is 0 Å². The Morgan fingerprint density at radius 1 is 0.404 bits per heavy atom. The molecule has 2 atom stereocenters. The van der Waals surface area contributed by atoms with E-state index in [0.717, 1.165) is 0 Å². The van der Waals surface area contributed by atoms with Crippen LogP contribution in [0.5, 0.6) is 0 Å². The Kier molecular flexibility index (Phi) is 18.1. The largest absolute Gasteiger partial charge is 0.460 e. The minimum atomic E-state index is -1.27. The minimum Gasteiger partial charge on any atom is -0.460 e. The number of esters is 4. The van der Waals surface area contributed by atoms with E-state index in [0.29, 0.717) is 0 Å². The molecule has 13 nitrogen and oxygen atoms in total. The maximum Gasteiger partial charge on any atom is 0.308 e. The van der Waals surface area contributed by atoms with Crippen molar-refractivity contribution < 1.29 is 57.1 Å². The Morgan fingerprint density at radius 2 is 0.638 bits per heavy atom. The molecular formula is C34H63NO12. The predicted molar refractivity (Wildman–Crippen MR) is 175 cm³/mol. The molecule has 0 aromatic heterocycles. The van der Waals surface area contributed by atoms with E-state index in [1.54, 1.807) is 96.9 Å². The Bertz CT molecular complexity index is 909. The summed E-state index contributed by atoms with van der Waals surface area (Å²) in [7, 11) is 0. The molecule has 0 fully saturated rings. The van der Waals surface area contributed by atoms with Gasteiger partial charge in [-0.2, -0.15) is 0 Å². The van der Waals surface area contributed by atoms with E-state index >= 15 is 0 Å². The molecule has 276 valence electrons. The van der Waals surface area contributed by atoms with E-state index in [9.17, 15) is 19.2 Å². The van der Waals surface area contributed by atoms with Crippen LogP contribution in [0.3, 0.4) is 0 Å². The van der Waals surface area contributed by atoms with Gasteiger partial charge in [0.15, 0.2) is 0 Å². The lowest BCUT2D eigenvalue weighted by Gasteiger charge is -2.41. The van der Waals surface area contributed by atoms with Crippen molar-refractivity contribution in [3.63, 3.8) is 0 Å². The van der Waals surface area contributed by atoms with Gasteiger partial charge in [0, 0.05) is 0 Å². The van der Waals surface area contributed by atoms with E-state index in [-0.39, 0.29) is 65.3 Å². The van der Waals surface area contributed by atoms with Crippen molar-refractivity contribution in [1.29, 1.82) is 0 Å². The van der Waals surface area contributed by atoms with Gasteiger partial charge in [0.2, 0.25) is 0 Å². The molecule has 0 heterocycles. The van der Waals surface area contributed by atoms with Gasteiger partial charge in [-0.25, -0.2) is 0 Å². The normalized spacial score (nSPS) is 15.3. The summed E-state index contributed by atoms with van der Waals surface area (Å²) in [6.45, 7) is 24.7. The predicted octanol–water partition coefficient (Wildman–Crippen LogP) is 5.00. The first-order valence-corrected chi connectivity index (χ1v) is 16.2. The van der Waals surface area contributed by atoms with Crippen LogP contribution in [0, 0.1) is 0 Å². The molecule has 47 heavy (non-hydrogen) atoms. The second-order valence-electron chi connectivity index (χ2n) is 15.7. The molecular weight excluding hydrogens is 614 g/mol. The maximum absolute atomic E-state index is 12.4. The maximum atomic E-state index is 12.4. The van der Waals surface area contributed by atoms with Crippen molar-refractivity contribution >= 4 is 23.9 Å². The molecule has 0 saturated heterocycles. The summed E-state index contributed by atoms with van der Waals surface area (Å²) in [4.78, 5) is 49.1. The molecule has 0 aromatic rings. The molecule has 0 aliphatic carbocycles. The van der Waals surface area contributed by atoms with Crippen molar-refractivity contribution in [2.75, 3.05) is 39.6 Å². The Labute approximate surface area is 282 Å².